The third kappa shape index (κ3) is 6.14. The fraction of sp³-hybridized carbons (Fsp3) is 0.500. The number of hydrogen-bond donors (Lipinski definition) is 0. The molecule has 0 aromatic heterocycles. The van der Waals surface area contributed by atoms with Crippen LogP contribution in [-0.4, -0.2) is 34.2 Å². The first-order chi connectivity index (χ1) is 15.6. The molecule has 0 bridgehead atoms. The van der Waals surface area contributed by atoms with Gasteiger partial charge in [0.1, 0.15) is 11.6 Å². The van der Waals surface area contributed by atoms with Crippen molar-refractivity contribution in [1.29, 1.82) is 0 Å². The molecule has 0 amide bonds. The largest absolute Gasteiger partial charge is 0.493 e. The van der Waals surface area contributed by atoms with Crippen LogP contribution in [0.5, 0.6) is 11.5 Å². The molecule has 2 aromatic carbocycles. The highest BCUT2D eigenvalue weighted by Crippen LogP contribution is 2.36. The van der Waals surface area contributed by atoms with E-state index in [-0.39, 0.29) is 40.0 Å². The highest BCUT2D eigenvalue weighted by atomic mass is 32.2. The summed E-state index contributed by atoms with van der Waals surface area (Å²) >= 11 is 0. The van der Waals surface area contributed by atoms with Crippen molar-refractivity contribution in [3.05, 3.63) is 53.3 Å². The molecule has 2 aromatic rings. The Morgan fingerprint density at radius 3 is 2.18 bits per heavy atom. The summed E-state index contributed by atoms with van der Waals surface area (Å²) in [4.78, 5) is 13.1. The SMILES string of the molecule is COc1cc(C)c(S(=O)(=O)CC2CCC(C(=O)C[C@H](C)c3ccc(F)cc3)CC2)cc1OC. The van der Waals surface area contributed by atoms with Crippen LogP contribution in [0.2, 0.25) is 0 Å². The van der Waals surface area contributed by atoms with Crippen molar-refractivity contribution in [2.45, 2.75) is 56.8 Å². The Labute approximate surface area is 196 Å². The molecule has 7 heteroatoms. The first-order valence-electron chi connectivity index (χ1n) is 11.4. The Bertz CT molecular complexity index is 1070. The van der Waals surface area contributed by atoms with Gasteiger partial charge in [-0.3, -0.25) is 4.79 Å². The van der Waals surface area contributed by atoms with E-state index in [0.717, 1.165) is 5.56 Å². The molecule has 1 aliphatic rings. The van der Waals surface area contributed by atoms with Gasteiger partial charge in [0, 0.05) is 18.4 Å². The number of ketones is 1. The van der Waals surface area contributed by atoms with Crippen LogP contribution in [0.3, 0.4) is 0 Å². The highest BCUT2D eigenvalue weighted by Gasteiger charge is 2.31. The van der Waals surface area contributed by atoms with Crippen molar-refractivity contribution in [1.82, 2.24) is 0 Å². The van der Waals surface area contributed by atoms with E-state index in [4.69, 9.17) is 9.47 Å². The molecule has 1 fully saturated rings. The van der Waals surface area contributed by atoms with Gasteiger partial charge < -0.3 is 9.47 Å². The minimum Gasteiger partial charge on any atom is -0.493 e. The Balaban J connectivity index is 1.58. The fourth-order valence-corrected chi connectivity index (χ4v) is 6.70. The molecule has 0 aliphatic heterocycles. The fourth-order valence-electron chi connectivity index (χ4n) is 4.73. The molecule has 5 nitrogen and oxygen atoms in total. The molecule has 1 aliphatic carbocycles. The number of hydrogen-bond acceptors (Lipinski definition) is 5. The minimum atomic E-state index is -3.50. The number of carbonyl (C=O) groups is 1. The van der Waals surface area contributed by atoms with Crippen LogP contribution in [0, 0.1) is 24.6 Å². The summed E-state index contributed by atoms with van der Waals surface area (Å²) in [7, 11) is -0.491. The first kappa shape index (κ1) is 25.2. The quantitative estimate of drug-likeness (QED) is 0.478. The molecule has 0 unspecified atom stereocenters. The number of aryl methyl sites for hydroxylation is 1. The molecule has 1 atom stereocenters. The first-order valence-corrected chi connectivity index (χ1v) is 13.0. The normalized spacial score (nSPS) is 19.7. The summed E-state index contributed by atoms with van der Waals surface area (Å²) in [5.74, 6) is 0.919. The van der Waals surface area contributed by atoms with Crippen LogP contribution in [0.25, 0.3) is 0 Å². The lowest BCUT2D eigenvalue weighted by atomic mass is 9.78. The average molecular weight is 477 g/mol. The van der Waals surface area contributed by atoms with Gasteiger partial charge in [0.25, 0.3) is 0 Å². The van der Waals surface area contributed by atoms with Crippen molar-refractivity contribution in [2.24, 2.45) is 11.8 Å². The number of carbonyl (C=O) groups excluding carboxylic acids is 1. The average Bonchev–Trinajstić information content (AvgIpc) is 2.79. The van der Waals surface area contributed by atoms with E-state index in [2.05, 4.69) is 0 Å². The van der Waals surface area contributed by atoms with Gasteiger partial charge in [0.15, 0.2) is 21.3 Å². The summed E-state index contributed by atoms with van der Waals surface area (Å²) in [6, 6.07) is 9.51. The number of sulfone groups is 1. The van der Waals surface area contributed by atoms with E-state index in [1.165, 1.54) is 32.4 Å². The topological polar surface area (TPSA) is 69.7 Å². The van der Waals surface area contributed by atoms with Crippen LogP contribution in [0.15, 0.2) is 41.3 Å². The van der Waals surface area contributed by atoms with Crippen molar-refractivity contribution in [3.8, 4) is 11.5 Å². The monoisotopic (exact) mass is 476 g/mol. The second-order valence-corrected chi connectivity index (χ2v) is 11.1. The standard InChI is InChI=1S/C26H33FO5S/c1-17(20-9-11-22(27)12-10-20)13-23(28)21-7-5-19(6-8-21)16-33(29,30)26-15-25(32-4)24(31-3)14-18(26)2/h9-12,14-15,17,19,21H,5-8,13,16H2,1-4H3/t17-,19?,21?/m0/s1. The summed E-state index contributed by atoms with van der Waals surface area (Å²) in [6.45, 7) is 3.74. The molecule has 0 spiro atoms. The van der Waals surface area contributed by atoms with E-state index in [1.54, 1.807) is 25.1 Å². The Morgan fingerprint density at radius 2 is 1.61 bits per heavy atom. The third-order valence-electron chi connectivity index (χ3n) is 6.72. The Kier molecular flexibility index (Phi) is 8.16. The lowest BCUT2D eigenvalue weighted by Gasteiger charge is -2.28. The smallest absolute Gasteiger partial charge is 0.179 e. The van der Waals surface area contributed by atoms with Gasteiger partial charge in [-0.15, -0.1) is 0 Å². The zero-order valence-corrected chi connectivity index (χ0v) is 20.6. The van der Waals surface area contributed by atoms with Crippen LogP contribution < -0.4 is 9.47 Å². The molecule has 180 valence electrons. The second-order valence-electron chi connectivity index (χ2n) is 9.09. The number of halogens is 1. The Morgan fingerprint density at radius 1 is 1.03 bits per heavy atom. The molecule has 33 heavy (non-hydrogen) atoms. The Hall–Kier alpha value is -2.41. The van der Waals surface area contributed by atoms with Gasteiger partial charge in [-0.2, -0.15) is 0 Å². The van der Waals surface area contributed by atoms with Crippen molar-refractivity contribution in [3.63, 3.8) is 0 Å². The minimum absolute atomic E-state index is 0.0288. The van der Waals surface area contributed by atoms with Crippen molar-refractivity contribution >= 4 is 15.6 Å². The zero-order valence-electron chi connectivity index (χ0n) is 19.8. The van der Waals surface area contributed by atoms with Gasteiger partial charge in [-0.25, -0.2) is 12.8 Å². The predicted molar refractivity (Wildman–Crippen MR) is 126 cm³/mol. The number of ether oxygens (including phenoxy) is 2. The predicted octanol–water partition coefficient (Wildman–Crippen LogP) is 5.49. The maximum atomic E-state index is 13.1. The molecule has 1 saturated carbocycles. The molecule has 3 rings (SSSR count). The number of Topliss-reactive ketones (excluding diaryl/α,β-unsaturated/α-hetero) is 1. The summed E-state index contributed by atoms with van der Waals surface area (Å²) in [5, 5.41) is 0. The highest BCUT2D eigenvalue weighted by molar-refractivity contribution is 7.91. The van der Waals surface area contributed by atoms with Gasteiger partial charge in [0.2, 0.25) is 0 Å². The zero-order chi connectivity index (χ0) is 24.2. The van der Waals surface area contributed by atoms with Crippen LogP contribution in [0.1, 0.15) is 56.1 Å². The lowest BCUT2D eigenvalue weighted by molar-refractivity contribution is -0.124. The summed E-state index contributed by atoms with van der Waals surface area (Å²) < 4.78 is 50.0. The van der Waals surface area contributed by atoms with Crippen LogP contribution >= 0.6 is 0 Å². The number of methoxy groups -OCH3 is 2. The molecule has 0 N–H and O–H groups in total. The third-order valence-corrected chi connectivity index (χ3v) is 8.74. The van der Waals surface area contributed by atoms with Crippen LogP contribution in [-0.2, 0) is 14.6 Å². The van der Waals surface area contributed by atoms with E-state index in [9.17, 15) is 17.6 Å². The summed E-state index contributed by atoms with van der Waals surface area (Å²) in [5.41, 5.74) is 1.58. The molecule has 0 radical (unpaired) electrons. The van der Waals surface area contributed by atoms with Gasteiger partial charge >= 0.3 is 0 Å². The molecular weight excluding hydrogens is 443 g/mol. The second kappa shape index (κ2) is 10.7. The lowest BCUT2D eigenvalue weighted by Crippen LogP contribution is -2.26. The van der Waals surface area contributed by atoms with Crippen molar-refractivity contribution < 1.29 is 27.1 Å². The molecule has 0 heterocycles. The summed E-state index contributed by atoms with van der Waals surface area (Å²) in [6.07, 6.45) is 3.27. The van der Waals surface area contributed by atoms with Gasteiger partial charge in [-0.05, 0) is 73.8 Å². The molecular formula is C26H33FO5S. The molecule has 0 saturated heterocycles. The van der Waals surface area contributed by atoms with E-state index in [0.29, 0.717) is 49.2 Å². The van der Waals surface area contributed by atoms with Crippen LogP contribution in [0.4, 0.5) is 4.39 Å². The van der Waals surface area contributed by atoms with Gasteiger partial charge in [-0.1, -0.05) is 19.1 Å². The number of benzene rings is 2. The van der Waals surface area contributed by atoms with E-state index in [1.807, 2.05) is 6.92 Å². The van der Waals surface area contributed by atoms with E-state index < -0.39 is 9.84 Å². The number of rotatable bonds is 9. The van der Waals surface area contributed by atoms with Gasteiger partial charge in [0.05, 0.1) is 24.9 Å². The maximum Gasteiger partial charge on any atom is 0.179 e. The van der Waals surface area contributed by atoms with E-state index >= 15 is 0 Å². The van der Waals surface area contributed by atoms with Crippen molar-refractivity contribution in [2.75, 3.05) is 20.0 Å². The maximum absolute atomic E-state index is 13.1.